The van der Waals surface area contributed by atoms with Crippen LogP contribution < -0.4 is 4.90 Å². The molecular weight excluding hydrogens is 312 g/mol. The second-order valence-corrected chi connectivity index (χ2v) is 6.92. The van der Waals surface area contributed by atoms with Gasteiger partial charge in [-0.2, -0.15) is 0 Å². The molecule has 0 N–H and O–H groups in total. The third kappa shape index (κ3) is 3.01. The van der Waals surface area contributed by atoms with E-state index in [0.717, 1.165) is 22.8 Å². The number of nitrogens with zero attached hydrogens (tertiary/aromatic N) is 4. The minimum Gasteiger partial charge on any atom is -0.312 e. The summed E-state index contributed by atoms with van der Waals surface area (Å²) >= 11 is 1.39. The maximum atomic E-state index is 12.6. The number of fused-ring (bicyclic) bond motifs is 1. The fraction of sp³-hybridized carbons (Fsp3) is 0.375. The molecular formula is C16H18N4O2S. The second kappa shape index (κ2) is 6.16. The van der Waals surface area contributed by atoms with Gasteiger partial charge in [-0.05, 0) is 37.1 Å². The average molecular weight is 330 g/mol. The molecule has 0 aliphatic carbocycles. The van der Waals surface area contributed by atoms with Crippen molar-refractivity contribution in [3.8, 4) is 0 Å². The highest BCUT2D eigenvalue weighted by Gasteiger charge is 2.25. The topological polar surface area (TPSA) is 68.1 Å². The highest BCUT2D eigenvalue weighted by molar-refractivity contribution is 8.00. The summed E-state index contributed by atoms with van der Waals surface area (Å²) < 4.78 is 1.79. The van der Waals surface area contributed by atoms with Crippen molar-refractivity contribution in [2.75, 3.05) is 11.4 Å². The number of hydrogen-bond donors (Lipinski definition) is 0. The highest BCUT2D eigenvalue weighted by Crippen LogP contribution is 2.30. The van der Waals surface area contributed by atoms with Crippen LogP contribution in [0.5, 0.6) is 0 Å². The fourth-order valence-electron chi connectivity index (χ4n) is 2.71. The van der Waals surface area contributed by atoms with Crippen LogP contribution in [0.25, 0.3) is 0 Å². The van der Waals surface area contributed by atoms with Gasteiger partial charge >= 0.3 is 0 Å². The monoisotopic (exact) mass is 330 g/mol. The van der Waals surface area contributed by atoms with Crippen molar-refractivity contribution in [3.63, 3.8) is 0 Å². The van der Waals surface area contributed by atoms with Crippen molar-refractivity contribution in [1.82, 2.24) is 14.8 Å². The van der Waals surface area contributed by atoms with Gasteiger partial charge in [-0.15, -0.1) is 10.2 Å². The Labute approximate surface area is 138 Å². The van der Waals surface area contributed by atoms with Crippen LogP contribution in [0.2, 0.25) is 0 Å². The normalized spacial score (nSPS) is 14.7. The Hall–Kier alpha value is -2.15. The second-order valence-electron chi connectivity index (χ2n) is 5.61. The van der Waals surface area contributed by atoms with Crippen LogP contribution in [-0.2, 0) is 18.3 Å². The van der Waals surface area contributed by atoms with Gasteiger partial charge in [0.15, 0.2) is 10.9 Å². The van der Waals surface area contributed by atoms with Gasteiger partial charge < -0.3 is 9.47 Å². The van der Waals surface area contributed by atoms with Gasteiger partial charge in [0.05, 0.1) is 5.25 Å². The Morgan fingerprint density at radius 1 is 1.35 bits per heavy atom. The summed E-state index contributed by atoms with van der Waals surface area (Å²) in [5, 5.41) is 8.29. The van der Waals surface area contributed by atoms with Crippen LogP contribution in [0.15, 0.2) is 29.7 Å². The number of hydrogen-bond acceptors (Lipinski definition) is 5. The molecule has 0 radical (unpaired) electrons. The van der Waals surface area contributed by atoms with E-state index in [1.165, 1.54) is 11.8 Å². The lowest BCUT2D eigenvalue weighted by Gasteiger charge is -2.15. The number of carbonyl (C=O) groups is 2. The molecule has 7 heteroatoms. The molecule has 1 aliphatic heterocycles. The largest absolute Gasteiger partial charge is 0.312 e. The molecule has 0 bridgehead atoms. The number of Topliss-reactive ketones (excluding diaryl/α,β-unsaturated/α-hetero) is 1. The highest BCUT2D eigenvalue weighted by atomic mass is 32.2. The zero-order valence-electron chi connectivity index (χ0n) is 13.3. The molecule has 120 valence electrons. The summed E-state index contributed by atoms with van der Waals surface area (Å²) in [4.78, 5) is 26.0. The average Bonchev–Trinajstić information content (AvgIpc) is 3.12. The van der Waals surface area contributed by atoms with Gasteiger partial charge in [-0.3, -0.25) is 9.59 Å². The van der Waals surface area contributed by atoms with E-state index in [9.17, 15) is 9.59 Å². The van der Waals surface area contributed by atoms with E-state index in [1.807, 2.05) is 26.1 Å². The molecule has 1 aromatic carbocycles. The molecule has 0 unspecified atom stereocenters. The van der Waals surface area contributed by atoms with Gasteiger partial charge in [0.1, 0.15) is 6.33 Å². The number of ketones is 1. The third-order valence-corrected chi connectivity index (χ3v) is 5.11. The first-order chi connectivity index (χ1) is 11.0. The van der Waals surface area contributed by atoms with E-state index < -0.39 is 0 Å². The van der Waals surface area contributed by atoms with E-state index in [1.54, 1.807) is 28.8 Å². The quantitative estimate of drug-likeness (QED) is 0.634. The molecule has 23 heavy (non-hydrogen) atoms. The lowest BCUT2D eigenvalue weighted by molar-refractivity contribution is -0.116. The minimum absolute atomic E-state index is 0.0361. The molecule has 1 aliphatic rings. The number of aromatic nitrogens is 3. The number of amides is 1. The van der Waals surface area contributed by atoms with Gasteiger partial charge in [0, 0.05) is 31.8 Å². The molecule has 0 saturated heterocycles. The molecule has 6 nitrogen and oxygen atoms in total. The van der Waals surface area contributed by atoms with Gasteiger partial charge in [0.2, 0.25) is 5.91 Å². The van der Waals surface area contributed by atoms with E-state index in [0.29, 0.717) is 12.1 Å². The van der Waals surface area contributed by atoms with Crippen molar-refractivity contribution in [2.24, 2.45) is 7.05 Å². The summed E-state index contributed by atoms with van der Waals surface area (Å²) in [6, 6.07) is 5.58. The first-order valence-electron chi connectivity index (χ1n) is 7.43. The van der Waals surface area contributed by atoms with Crippen LogP contribution in [0.1, 0.15) is 29.8 Å². The number of thioether (sulfide) groups is 1. The van der Waals surface area contributed by atoms with Crippen molar-refractivity contribution in [2.45, 2.75) is 30.7 Å². The van der Waals surface area contributed by atoms with Crippen molar-refractivity contribution < 1.29 is 9.59 Å². The minimum atomic E-state index is -0.249. The Kier molecular flexibility index (Phi) is 4.21. The first kappa shape index (κ1) is 15.7. The molecule has 1 amide bonds. The Balaban J connectivity index is 1.78. The summed E-state index contributed by atoms with van der Waals surface area (Å²) in [7, 11) is 1.85. The van der Waals surface area contributed by atoms with Gasteiger partial charge in [-0.25, -0.2) is 0 Å². The van der Waals surface area contributed by atoms with Gasteiger partial charge in [-0.1, -0.05) is 11.8 Å². The predicted octanol–water partition coefficient (Wildman–Crippen LogP) is 2.09. The maximum Gasteiger partial charge on any atom is 0.223 e. The zero-order valence-corrected chi connectivity index (χ0v) is 14.1. The van der Waals surface area contributed by atoms with Crippen molar-refractivity contribution in [1.29, 1.82) is 0 Å². The molecule has 0 spiro atoms. The van der Waals surface area contributed by atoms with E-state index >= 15 is 0 Å². The third-order valence-electron chi connectivity index (χ3n) is 3.96. The Morgan fingerprint density at radius 3 is 2.78 bits per heavy atom. The molecule has 0 fully saturated rings. The van der Waals surface area contributed by atoms with Crippen molar-refractivity contribution in [3.05, 3.63) is 35.7 Å². The molecule has 2 aromatic rings. The fourth-order valence-corrected chi connectivity index (χ4v) is 3.57. The number of rotatable bonds is 4. The van der Waals surface area contributed by atoms with E-state index in [4.69, 9.17) is 0 Å². The zero-order chi connectivity index (χ0) is 16.6. The first-order valence-corrected chi connectivity index (χ1v) is 8.31. The summed E-state index contributed by atoms with van der Waals surface area (Å²) in [5.41, 5.74) is 2.65. The Bertz CT molecular complexity index is 771. The van der Waals surface area contributed by atoms with Crippen LogP contribution in [0.3, 0.4) is 0 Å². The lowest BCUT2D eigenvalue weighted by Crippen LogP contribution is -2.25. The molecule has 2 heterocycles. The summed E-state index contributed by atoms with van der Waals surface area (Å²) in [6.45, 7) is 4.12. The van der Waals surface area contributed by atoms with Crippen LogP contribution >= 0.6 is 11.8 Å². The molecule has 0 saturated carbocycles. The van der Waals surface area contributed by atoms with E-state index in [-0.39, 0.29) is 16.9 Å². The van der Waals surface area contributed by atoms with Crippen LogP contribution in [0, 0.1) is 0 Å². The van der Waals surface area contributed by atoms with Crippen LogP contribution in [-0.4, -0.2) is 38.2 Å². The molecule has 1 atom stereocenters. The Morgan fingerprint density at radius 2 is 2.13 bits per heavy atom. The van der Waals surface area contributed by atoms with E-state index in [2.05, 4.69) is 10.2 Å². The summed E-state index contributed by atoms with van der Waals surface area (Å²) in [6.07, 6.45) is 2.41. The molecule has 1 aromatic heterocycles. The smallest absolute Gasteiger partial charge is 0.223 e. The van der Waals surface area contributed by atoms with Crippen molar-refractivity contribution >= 4 is 29.1 Å². The lowest BCUT2D eigenvalue weighted by atomic mass is 10.0. The summed E-state index contributed by atoms with van der Waals surface area (Å²) in [5.74, 6) is 0.0936. The predicted molar refractivity (Wildman–Crippen MR) is 88.8 cm³/mol. The van der Waals surface area contributed by atoms with Crippen LogP contribution in [0.4, 0.5) is 5.69 Å². The number of anilines is 1. The van der Waals surface area contributed by atoms with Gasteiger partial charge in [0.25, 0.3) is 0 Å². The SMILES string of the molecule is CC(=O)N1CCc2cc(C(=O)[C@@H](C)Sc3nncn3C)ccc21. The number of benzene rings is 1. The maximum absolute atomic E-state index is 12.6. The standard InChI is InChI=1S/C16H18N4O2S/c1-10(23-16-18-17-9-19(16)3)15(22)13-4-5-14-12(8-13)6-7-20(14)11(2)21/h4-5,8-10H,6-7H2,1-3H3/t10-/m1/s1. The number of carbonyl (C=O) groups excluding carboxylic acids is 2. The molecule has 3 rings (SSSR count). The number of aryl methyl sites for hydroxylation is 1.